The highest BCUT2D eigenvalue weighted by Gasteiger charge is 2.51. The maximum absolute atomic E-state index is 14.5. The molecule has 3 aromatic rings. The molecule has 1 aliphatic carbocycles. The second-order valence-corrected chi connectivity index (χ2v) is 16.8. The number of carbonyl (C=O) groups excluding carboxylic acids is 5. The fourth-order valence-corrected chi connectivity index (χ4v) is 9.33. The molecular weight excluding hydrogens is 789 g/mol. The van der Waals surface area contributed by atoms with Crippen molar-refractivity contribution >= 4 is 41.5 Å². The summed E-state index contributed by atoms with van der Waals surface area (Å²) in [5.41, 5.74) is 14.0. The summed E-state index contributed by atoms with van der Waals surface area (Å²) in [6.07, 6.45) is 6.19. The topological polar surface area (TPSA) is 238 Å². The molecule has 15 heteroatoms. The molecule has 9 N–H and O–H groups in total. The van der Waals surface area contributed by atoms with E-state index in [1.807, 2.05) is 91.0 Å². The van der Waals surface area contributed by atoms with Crippen molar-refractivity contribution in [2.45, 2.75) is 113 Å². The number of nitrogens with zero attached hydrogens (tertiary/aromatic N) is 2. The molecule has 62 heavy (non-hydrogen) atoms. The van der Waals surface area contributed by atoms with Crippen LogP contribution in [0.15, 0.2) is 96.0 Å². The van der Waals surface area contributed by atoms with Crippen LogP contribution < -0.4 is 32.7 Å². The van der Waals surface area contributed by atoms with Crippen molar-refractivity contribution < 1.29 is 33.9 Å². The maximum atomic E-state index is 14.5. The van der Waals surface area contributed by atoms with Crippen LogP contribution in [0.2, 0.25) is 0 Å². The first-order chi connectivity index (χ1) is 30.0. The lowest BCUT2D eigenvalue weighted by atomic mass is 9.86. The Morgan fingerprint density at radius 3 is 2.00 bits per heavy atom. The van der Waals surface area contributed by atoms with Crippen molar-refractivity contribution in [1.29, 1.82) is 0 Å². The van der Waals surface area contributed by atoms with E-state index in [9.17, 15) is 33.9 Å². The van der Waals surface area contributed by atoms with Crippen LogP contribution in [0, 0.1) is 11.8 Å². The highest BCUT2D eigenvalue weighted by atomic mass is 16.4. The van der Waals surface area contributed by atoms with Crippen molar-refractivity contribution in [3.05, 3.63) is 108 Å². The van der Waals surface area contributed by atoms with Gasteiger partial charge in [-0.05, 0) is 74.0 Å². The van der Waals surface area contributed by atoms with Crippen molar-refractivity contribution in [3.63, 3.8) is 0 Å². The Morgan fingerprint density at radius 1 is 0.758 bits per heavy atom. The van der Waals surface area contributed by atoms with E-state index >= 15 is 0 Å². The van der Waals surface area contributed by atoms with Gasteiger partial charge in [-0.2, -0.15) is 0 Å². The van der Waals surface area contributed by atoms with Gasteiger partial charge in [0.1, 0.15) is 24.2 Å². The summed E-state index contributed by atoms with van der Waals surface area (Å²) >= 11 is 0. The first-order valence-electron chi connectivity index (χ1n) is 21.9. The number of nitrogens with two attached hydrogens (primary N) is 2. The van der Waals surface area contributed by atoms with Crippen LogP contribution in [0.3, 0.4) is 0 Å². The monoisotopic (exact) mass is 848 g/mol. The lowest BCUT2D eigenvalue weighted by Gasteiger charge is -2.39. The Balaban J connectivity index is 1.20. The van der Waals surface area contributed by atoms with E-state index in [-0.39, 0.29) is 67.5 Å². The normalized spacial score (nSPS) is 20.9. The molecule has 0 radical (unpaired) electrons. The molecule has 0 bridgehead atoms. The first kappa shape index (κ1) is 45.3. The molecule has 2 saturated heterocycles. The summed E-state index contributed by atoms with van der Waals surface area (Å²) in [6, 6.07) is 24.3. The lowest BCUT2D eigenvalue weighted by molar-refractivity contribution is -0.147. The van der Waals surface area contributed by atoms with E-state index in [1.54, 1.807) is 4.90 Å². The number of aliphatic carboxylic acids is 1. The molecule has 3 aromatic carbocycles. The molecule has 3 fully saturated rings. The zero-order valence-corrected chi connectivity index (χ0v) is 35.1. The second-order valence-electron chi connectivity index (χ2n) is 16.8. The highest BCUT2D eigenvalue weighted by Crippen LogP contribution is 2.39. The first-order valence-corrected chi connectivity index (χ1v) is 21.9. The Hall–Kier alpha value is -6.25. The van der Waals surface area contributed by atoms with Crippen LogP contribution in [-0.2, 0) is 35.2 Å². The number of carbonyl (C=O) groups is 6. The van der Waals surface area contributed by atoms with E-state index in [0.29, 0.717) is 25.7 Å². The van der Waals surface area contributed by atoms with Crippen LogP contribution in [0.1, 0.15) is 93.2 Å². The van der Waals surface area contributed by atoms with Crippen molar-refractivity contribution in [1.82, 2.24) is 26.2 Å². The third-order valence-corrected chi connectivity index (χ3v) is 12.5. The van der Waals surface area contributed by atoms with E-state index in [0.717, 1.165) is 48.8 Å². The molecule has 5 amide bonds. The second kappa shape index (κ2) is 22.0. The Kier molecular flexibility index (Phi) is 16.1. The quantitative estimate of drug-likeness (QED) is 0.0532. The summed E-state index contributed by atoms with van der Waals surface area (Å²) in [7, 11) is 0. The zero-order chi connectivity index (χ0) is 44.0. The molecule has 3 aliphatic rings. The van der Waals surface area contributed by atoms with E-state index < -0.39 is 54.3 Å². The van der Waals surface area contributed by atoms with Gasteiger partial charge in [0.05, 0.1) is 6.42 Å². The van der Waals surface area contributed by atoms with Crippen LogP contribution >= 0.6 is 0 Å². The summed E-state index contributed by atoms with van der Waals surface area (Å²) in [4.78, 5) is 87.8. The van der Waals surface area contributed by atoms with E-state index in [1.165, 1.54) is 0 Å². The Labute approximate surface area is 362 Å². The van der Waals surface area contributed by atoms with Crippen LogP contribution in [0.5, 0.6) is 0 Å². The number of hydrogen-bond acceptors (Lipinski definition) is 7. The smallest absolute Gasteiger partial charge is 0.305 e. The fraction of sp³-hybridized carbons (Fsp3) is 0.468. The van der Waals surface area contributed by atoms with Gasteiger partial charge >= 0.3 is 5.97 Å². The number of hydrogen-bond donors (Lipinski definition) is 7. The van der Waals surface area contributed by atoms with Gasteiger partial charge in [-0.3, -0.25) is 33.8 Å². The minimum Gasteiger partial charge on any atom is -0.481 e. The largest absolute Gasteiger partial charge is 0.481 e. The Bertz CT molecular complexity index is 1990. The van der Waals surface area contributed by atoms with Crippen LogP contribution in [-0.4, -0.2) is 94.8 Å². The van der Waals surface area contributed by atoms with Crippen molar-refractivity contribution in [2.24, 2.45) is 28.3 Å². The molecular formula is C47H60N8O7. The fourth-order valence-electron chi connectivity index (χ4n) is 9.33. The van der Waals surface area contributed by atoms with Gasteiger partial charge in [-0.25, -0.2) is 0 Å². The van der Waals surface area contributed by atoms with Gasteiger partial charge in [0.2, 0.25) is 29.5 Å². The molecule has 1 unspecified atom stereocenters. The number of guanidine groups is 1. The number of nitrogens with one attached hydrogen (secondary N) is 4. The summed E-state index contributed by atoms with van der Waals surface area (Å²) < 4.78 is 0. The standard InChI is InChI=1S/C47H60N8O7/c48-47(49)50-25-13-22-36(44(60)54-38(28-41(56)57)43(59)51-29-35(31-16-7-2-8-17-31)32-18-9-3-10-19-32)52-45(61)40-27-34(26-30-14-5-1-6-15-30)39-24-23-37(46(62)55(39)40)53-42(58)33-20-11-4-12-21-33/h1-3,5-10,14-19,33-40H,4,11-13,20-29H2,(H,51,59)(H,52,61)(H,53,58)(H,54,60)(H,56,57)(H4,48,49,50)/t34-,36+,37-,38+,39?,40+/m1/s1. The van der Waals surface area contributed by atoms with Crippen molar-refractivity contribution in [3.8, 4) is 0 Å². The molecule has 2 aliphatic heterocycles. The van der Waals surface area contributed by atoms with E-state index in [4.69, 9.17) is 11.5 Å². The SMILES string of the molecule is NC(N)=NCCC[C@H](NC(=O)[C@@H]1C[C@@H](Cc2ccccc2)C2CC[C@@H](NC(=O)C3CCCCC3)C(=O)N21)C(=O)N[C@@H](CC(=O)O)C(=O)NCC(c1ccccc1)c1ccccc1. The predicted molar refractivity (Wildman–Crippen MR) is 234 cm³/mol. The van der Waals surface area contributed by atoms with Gasteiger partial charge in [-0.1, -0.05) is 110 Å². The van der Waals surface area contributed by atoms with Gasteiger partial charge < -0.3 is 42.7 Å². The number of benzene rings is 3. The highest BCUT2D eigenvalue weighted by molar-refractivity contribution is 5.97. The number of aliphatic imine (C=N–C) groups is 1. The molecule has 1 saturated carbocycles. The average Bonchev–Trinajstić information content (AvgIpc) is 3.65. The van der Waals surface area contributed by atoms with Gasteiger partial charge in [0.15, 0.2) is 5.96 Å². The number of carboxylic acid groups (broad SMARTS) is 1. The minimum absolute atomic E-state index is 0.0391. The summed E-state index contributed by atoms with van der Waals surface area (Å²) in [6.45, 7) is 0.259. The van der Waals surface area contributed by atoms with Gasteiger partial charge in [0.25, 0.3) is 0 Å². The summed E-state index contributed by atoms with van der Waals surface area (Å²) in [5.74, 6) is -4.41. The number of piperidine rings is 1. The van der Waals surface area contributed by atoms with Crippen LogP contribution in [0.4, 0.5) is 0 Å². The number of fused-ring (bicyclic) bond motifs is 1. The van der Waals surface area contributed by atoms with Crippen molar-refractivity contribution in [2.75, 3.05) is 13.1 Å². The lowest BCUT2D eigenvalue weighted by Crippen LogP contribution is -2.61. The molecule has 330 valence electrons. The molecule has 2 heterocycles. The third kappa shape index (κ3) is 12.2. The maximum Gasteiger partial charge on any atom is 0.305 e. The number of amides is 5. The zero-order valence-electron chi connectivity index (χ0n) is 35.1. The summed E-state index contributed by atoms with van der Waals surface area (Å²) in [5, 5.41) is 21.2. The number of carboxylic acids is 1. The minimum atomic E-state index is -1.48. The molecule has 0 spiro atoms. The van der Waals surface area contributed by atoms with E-state index in [2.05, 4.69) is 26.3 Å². The predicted octanol–water partition coefficient (Wildman–Crippen LogP) is 3.12. The molecule has 6 rings (SSSR count). The third-order valence-electron chi connectivity index (χ3n) is 12.5. The molecule has 15 nitrogen and oxygen atoms in total. The average molecular weight is 849 g/mol. The van der Waals surface area contributed by atoms with Crippen LogP contribution in [0.25, 0.3) is 0 Å². The molecule has 6 atom stereocenters. The number of rotatable bonds is 19. The van der Waals surface area contributed by atoms with Gasteiger partial charge in [-0.15, -0.1) is 0 Å². The van der Waals surface area contributed by atoms with Gasteiger partial charge in [0, 0.05) is 31.0 Å². The Morgan fingerprint density at radius 2 is 1.39 bits per heavy atom. The molecule has 0 aromatic heterocycles.